The zero-order valence-corrected chi connectivity index (χ0v) is 7.96. The van der Waals surface area contributed by atoms with Crippen molar-refractivity contribution in [3.05, 3.63) is 48.0 Å². The third-order valence-electron chi connectivity index (χ3n) is 2.04. The molecule has 0 saturated carbocycles. The van der Waals surface area contributed by atoms with E-state index in [1.54, 1.807) is 0 Å². The molecule has 15 heavy (non-hydrogen) atoms. The highest BCUT2D eigenvalue weighted by molar-refractivity contribution is 5.29. The van der Waals surface area contributed by atoms with E-state index in [4.69, 9.17) is 0 Å². The summed E-state index contributed by atoms with van der Waals surface area (Å²) in [7, 11) is 0. The smallest absolute Gasteiger partial charge is 0.301 e. The van der Waals surface area contributed by atoms with Crippen molar-refractivity contribution in [2.45, 2.75) is 12.0 Å². The van der Waals surface area contributed by atoms with Crippen molar-refractivity contribution in [3.63, 3.8) is 0 Å². The van der Waals surface area contributed by atoms with Crippen molar-refractivity contribution in [2.75, 3.05) is 6.67 Å². The molecule has 0 bridgehead atoms. The molecule has 1 aromatic carbocycles. The first-order valence-electron chi connectivity index (χ1n) is 4.36. The Labute approximate surface area is 85.9 Å². The van der Waals surface area contributed by atoms with Gasteiger partial charge < -0.3 is 5.11 Å². The third-order valence-corrected chi connectivity index (χ3v) is 2.04. The minimum absolute atomic E-state index is 0.274. The Morgan fingerprint density at radius 2 is 2.13 bits per heavy atom. The molecule has 1 nitrogen and oxygen atoms in total. The van der Waals surface area contributed by atoms with E-state index in [0.717, 1.165) is 12.1 Å². The molecule has 0 heterocycles. The Balaban J connectivity index is 3.07. The van der Waals surface area contributed by atoms with E-state index in [-0.39, 0.29) is 5.56 Å². The molecule has 1 unspecified atom stereocenters. The number of hydrogen-bond donors (Lipinski definition) is 1. The first-order valence-corrected chi connectivity index (χ1v) is 4.36. The minimum Gasteiger partial charge on any atom is -0.384 e. The van der Waals surface area contributed by atoms with Crippen LogP contribution in [0.15, 0.2) is 36.9 Å². The molecule has 0 aliphatic heterocycles. The second kappa shape index (κ2) is 4.49. The molecule has 82 valence electrons. The summed E-state index contributed by atoms with van der Waals surface area (Å²) in [6, 6.07) is 5.02. The fourth-order valence-electron chi connectivity index (χ4n) is 1.16. The van der Waals surface area contributed by atoms with Gasteiger partial charge in [-0.15, -0.1) is 6.58 Å². The van der Waals surface area contributed by atoms with Gasteiger partial charge in [-0.05, 0) is 11.6 Å². The molecule has 0 aliphatic carbocycles. The highest BCUT2D eigenvalue weighted by Gasteiger charge is 2.31. The summed E-state index contributed by atoms with van der Waals surface area (Å²) in [6.07, 6.45) is 0.201. The summed E-state index contributed by atoms with van der Waals surface area (Å²) in [4.78, 5) is 0. The summed E-state index contributed by atoms with van der Waals surface area (Å²) in [6.45, 7) is 1.59. The van der Waals surface area contributed by atoms with Gasteiger partial charge in [-0.1, -0.05) is 24.3 Å². The van der Waals surface area contributed by atoms with Crippen molar-refractivity contribution in [1.82, 2.24) is 0 Å². The SMILES string of the molecule is C=CC(O)c1cccc(C(F)(F)CF)c1. The van der Waals surface area contributed by atoms with Gasteiger partial charge in [-0.2, -0.15) is 8.78 Å². The fourth-order valence-corrected chi connectivity index (χ4v) is 1.16. The Morgan fingerprint density at radius 3 is 2.67 bits per heavy atom. The van der Waals surface area contributed by atoms with Gasteiger partial charge >= 0.3 is 5.92 Å². The van der Waals surface area contributed by atoms with E-state index in [1.165, 1.54) is 18.2 Å². The number of alkyl halides is 3. The number of halogens is 3. The third kappa shape index (κ3) is 2.59. The largest absolute Gasteiger partial charge is 0.384 e. The summed E-state index contributed by atoms with van der Waals surface area (Å²) < 4.78 is 37.9. The molecule has 0 saturated heterocycles. The maximum absolute atomic E-state index is 13.0. The van der Waals surface area contributed by atoms with Crippen LogP contribution in [0.3, 0.4) is 0 Å². The van der Waals surface area contributed by atoms with Crippen LogP contribution >= 0.6 is 0 Å². The Hall–Kier alpha value is -1.29. The van der Waals surface area contributed by atoms with Crippen LogP contribution < -0.4 is 0 Å². The van der Waals surface area contributed by atoms with Crippen LogP contribution in [-0.2, 0) is 5.92 Å². The van der Waals surface area contributed by atoms with E-state index < -0.39 is 24.3 Å². The molecule has 1 aromatic rings. The molecule has 0 aliphatic rings. The maximum atomic E-state index is 13.0. The van der Waals surface area contributed by atoms with Crippen LogP contribution in [-0.4, -0.2) is 11.8 Å². The lowest BCUT2D eigenvalue weighted by Crippen LogP contribution is -2.16. The lowest BCUT2D eigenvalue weighted by atomic mass is 10.0. The molecule has 0 radical (unpaired) electrons. The van der Waals surface area contributed by atoms with Crippen LogP contribution in [0.4, 0.5) is 13.2 Å². The lowest BCUT2D eigenvalue weighted by molar-refractivity contribution is -0.0282. The first kappa shape index (κ1) is 11.8. The highest BCUT2D eigenvalue weighted by atomic mass is 19.3. The molecule has 0 fully saturated rings. The second-order valence-electron chi connectivity index (χ2n) is 3.14. The normalized spacial score (nSPS) is 13.6. The van der Waals surface area contributed by atoms with E-state index >= 15 is 0 Å². The van der Waals surface area contributed by atoms with Crippen LogP contribution in [0, 0.1) is 0 Å². The monoisotopic (exact) mass is 216 g/mol. The minimum atomic E-state index is -3.50. The van der Waals surface area contributed by atoms with E-state index in [1.807, 2.05) is 0 Å². The number of rotatable bonds is 4. The van der Waals surface area contributed by atoms with Gasteiger partial charge in [-0.3, -0.25) is 0 Å². The van der Waals surface area contributed by atoms with Gasteiger partial charge in [0.25, 0.3) is 0 Å². The number of hydrogen-bond acceptors (Lipinski definition) is 1. The van der Waals surface area contributed by atoms with Gasteiger partial charge in [-0.25, -0.2) is 4.39 Å². The van der Waals surface area contributed by atoms with Gasteiger partial charge in [0.15, 0.2) is 6.67 Å². The van der Waals surface area contributed by atoms with Crippen molar-refractivity contribution >= 4 is 0 Å². The molecule has 0 amide bonds. The fraction of sp³-hybridized carbons (Fsp3) is 0.273. The van der Waals surface area contributed by atoms with E-state index in [2.05, 4.69) is 6.58 Å². The molecular formula is C11H11F3O. The Morgan fingerprint density at radius 1 is 1.47 bits per heavy atom. The van der Waals surface area contributed by atoms with Crippen LogP contribution in [0.2, 0.25) is 0 Å². The second-order valence-corrected chi connectivity index (χ2v) is 3.14. The van der Waals surface area contributed by atoms with Crippen molar-refractivity contribution in [2.24, 2.45) is 0 Å². The van der Waals surface area contributed by atoms with Crippen molar-refractivity contribution in [3.8, 4) is 0 Å². The Bertz CT molecular complexity index is 349. The molecule has 1 atom stereocenters. The summed E-state index contributed by atoms with van der Waals surface area (Å²) in [5.74, 6) is -3.50. The van der Waals surface area contributed by atoms with Crippen molar-refractivity contribution in [1.29, 1.82) is 0 Å². The summed E-state index contributed by atoms with van der Waals surface area (Å²) >= 11 is 0. The molecule has 1 rings (SSSR count). The molecule has 1 N–H and O–H groups in total. The molecule has 0 aromatic heterocycles. The number of benzene rings is 1. The Kier molecular flexibility index (Phi) is 3.52. The summed E-state index contributed by atoms with van der Waals surface area (Å²) in [5.41, 5.74) is -0.168. The zero-order valence-electron chi connectivity index (χ0n) is 7.96. The van der Waals surface area contributed by atoms with E-state index in [9.17, 15) is 18.3 Å². The average Bonchev–Trinajstić information content (AvgIpc) is 2.28. The topological polar surface area (TPSA) is 20.2 Å². The predicted molar refractivity (Wildman–Crippen MR) is 51.5 cm³/mol. The molecule has 4 heteroatoms. The standard InChI is InChI=1S/C11H11F3O/c1-2-10(15)8-4-3-5-9(6-8)11(13,14)7-12/h2-6,10,15H,1,7H2. The maximum Gasteiger partial charge on any atom is 0.301 e. The summed E-state index contributed by atoms with van der Waals surface area (Å²) in [5, 5.41) is 9.34. The molecule has 0 spiro atoms. The average molecular weight is 216 g/mol. The quantitative estimate of drug-likeness (QED) is 0.767. The highest BCUT2D eigenvalue weighted by Crippen LogP contribution is 2.30. The lowest BCUT2D eigenvalue weighted by Gasteiger charge is -2.14. The predicted octanol–water partition coefficient (Wildman–Crippen LogP) is 2.97. The van der Waals surface area contributed by atoms with Gasteiger partial charge in [0.2, 0.25) is 0 Å². The van der Waals surface area contributed by atoms with Crippen LogP contribution in [0.5, 0.6) is 0 Å². The number of aliphatic hydroxyl groups is 1. The van der Waals surface area contributed by atoms with Crippen LogP contribution in [0.25, 0.3) is 0 Å². The zero-order chi connectivity index (χ0) is 11.5. The van der Waals surface area contributed by atoms with Gasteiger partial charge in [0.1, 0.15) is 0 Å². The van der Waals surface area contributed by atoms with Gasteiger partial charge in [0.05, 0.1) is 6.10 Å². The molecular weight excluding hydrogens is 205 g/mol. The van der Waals surface area contributed by atoms with E-state index in [0.29, 0.717) is 0 Å². The van der Waals surface area contributed by atoms with Gasteiger partial charge in [0, 0.05) is 5.56 Å². The van der Waals surface area contributed by atoms with Crippen LogP contribution in [0.1, 0.15) is 17.2 Å². The number of aliphatic hydroxyl groups excluding tert-OH is 1. The first-order chi connectivity index (χ1) is 7.01. The van der Waals surface area contributed by atoms with Crippen molar-refractivity contribution < 1.29 is 18.3 Å².